The van der Waals surface area contributed by atoms with Gasteiger partial charge in [-0.3, -0.25) is 4.98 Å². The third-order valence-electron chi connectivity index (χ3n) is 3.89. The van der Waals surface area contributed by atoms with E-state index in [9.17, 15) is 0 Å². The van der Waals surface area contributed by atoms with Crippen LogP contribution >= 0.6 is 0 Å². The largest absolute Gasteiger partial charge is 0.312 e. The molecule has 0 radical (unpaired) electrons. The Morgan fingerprint density at radius 3 is 2.62 bits per heavy atom. The van der Waals surface area contributed by atoms with Crippen molar-refractivity contribution in [3.63, 3.8) is 0 Å². The summed E-state index contributed by atoms with van der Waals surface area (Å²) in [6.07, 6.45) is 2.95. The number of nitrogens with one attached hydrogen (secondary N) is 1. The smallest absolute Gasteiger partial charge is 0.0705 e. The van der Waals surface area contributed by atoms with Crippen molar-refractivity contribution in [2.45, 2.75) is 19.9 Å². The van der Waals surface area contributed by atoms with Crippen molar-refractivity contribution in [2.75, 3.05) is 6.54 Å². The predicted molar refractivity (Wildman–Crippen MR) is 88.3 cm³/mol. The van der Waals surface area contributed by atoms with Gasteiger partial charge in [0.2, 0.25) is 0 Å². The lowest BCUT2D eigenvalue weighted by Crippen LogP contribution is -2.17. The highest BCUT2D eigenvalue weighted by atomic mass is 14.8. The van der Waals surface area contributed by atoms with E-state index in [4.69, 9.17) is 0 Å². The standard InChI is InChI=1S/C19H20N2/c1-15-6-2-3-7-16(15)10-12-20-14-17-11-13-21-19-9-5-4-8-18(17)19/h2-9,11,13,20H,10,12,14H2,1H3. The first-order valence-corrected chi connectivity index (χ1v) is 7.42. The highest BCUT2D eigenvalue weighted by molar-refractivity contribution is 5.81. The number of rotatable bonds is 5. The normalized spacial score (nSPS) is 10.9. The van der Waals surface area contributed by atoms with Gasteiger partial charge in [-0.05, 0) is 48.7 Å². The Balaban J connectivity index is 1.61. The number of hydrogen-bond donors (Lipinski definition) is 1. The second kappa shape index (κ2) is 6.51. The van der Waals surface area contributed by atoms with Gasteiger partial charge < -0.3 is 5.32 Å². The topological polar surface area (TPSA) is 24.9 Å². The fraction of sp³-hybridized carbons (Fsp3) is 0.211. The lowest BCUT2D eigenvalue weighted by molar-refractivity contribution is 0.688. The molecule has 0 atom stereocenters. The zero-order valence-electron chi connectivity index (χ0n) is 12.3. The Bertz CT molecular complexity index is 729. The van der Waals surface area contributed by atoms with Crippen molar-refractivity contribution < 1.29 is 0 Å². The third kappa shape index (κ3) is 3.29. The van der Waals surface area contributed by atoms with Gasteiger partial charge in [0.05, 0.1) is 5.52 Å². The van der Waals surface area contributed by atoms with Crippen LogP contribution in [0.2, 0.25) is 0 Å². The van der Waals surface area contributed by atoms with Gasteiger partial charge in [0.15, 0.2) is 0 Å². The fourth-order valence-electron chi connectivity index (χ4n) is 2.65. The first kappa shape index (κ1) is 13.8. The molecule has 1 N–H and O–H groups in total. The number of pyridine rings is 1. The van der Waals surface area contributed by atoms with E-state index in [2.05, 4.69) is 65.8 Å². The Kier molecular flexibility index (Phi) is 4.27. The molecule has 0 aliphatic rings. The summed E-state index contributed by atoms with van der Waals surface area (Å²) in [7, 11) is 0. The average Bonchev–Trinajstić information content (AvgIpc) is 2.53. The van der Waals surface area contributed by atoms with Gasteiger partial charge >= 0.3 is 0 Å². The minimum absolute atomic E-state index is 0.884. The molecule has 2 aromatic carbocycles. The molecule has 0 aliphatic heterocycles. The number of hydrogen-bond acceptors (Lipinski definition) is 2. The number of aryl methyl sites for hydroxylation is 1. The molecule has 0 amide bonds. The summed E-state index contributed by atoms with van der Waals surface area (Å²) in [5.41, 5.74) is 5.17. The lowest BCUT2D eigenvalue weighted by Gasteiger charge is -2.09. The van der Waals surface area contributed by atoms with Gasteiger partial charge in [-0.25, -0.2) is 0 Å². The number of aromatic nitrogens is 1. The molecule has 21 heavy (non-hydrogen) atoms. The van der Waals surface area contributed by atoms with Gasteiger partial charge in [-0.15, -0.1) is 0 Å². The molecular formula is C19H20N2. The summed E-state index contributed by atoms with van der Waals surface area (Å²) in [6, 6.07) is 19.0. The first-order valence-electron chi connectivity index (χ1n) is 7.42. The molecule has 3 rings (SSSR count). The molecule has 0 bridgehead atoms. The highest BCUT2D eigenvalue weighted by Gasteiger charge is 2.01. The molecule has 0 unspecified atom stereocenters. The Morgan fingerprint density at radius 2 is 1.71 bits per heavy atom. The van der Waals surface area contributed by atoms with Crippen LogP contribution < -0.4 is 5.32 Å². The van der Waals surface area contributed by atoms with Crippen LogP contribution in [-0.2, 0) is 13.0 Å². The zero-order valence-corrected chi connectivity index (χ0v) is 12.3. The maximum Gasteiger partial charge on any atom is 0.0705 e. The van der Waals surface area contributed by atoms with Crippen molar-refractivity contribution in [1.82, 2.24) is 10.3 Å². The quantitative estimate of drug-likeness (QED) is 0.715. The van der Waals surface area contributed by atoms with Crippen molar-refractivity contribution in [1.29, 1.82) is 0 Å². The SMILES string of the molecule is Cc1ccccc1CCNCc1ccnc2ccccc12. The van der Waals surface area contributed by atoms with Crippen LogP contribution in [0, 0.1) is 6.92 Å². The van der Waals surface area contributed by atoms with Gasteiger partial charge in [0.1, 0.15) is 0 Å². The van der Waals surface area contributed by atoms with E-state index in [1.807, 2.05) is 12.3 Å². The van der Waals surface area contributed by atoms with Crippen molar-refractivity contribution in [2.24, 2.45) is 0 Å². The monoisotopic (exact) mass is 276 g/mol. The van der Waals surface area contributed by atoms with Crippen LogP contribution in [-0.4, -0.2) is 11.5 Å². The Labute approximate surface area is 125 Å². The van der Waals surface area contributed by atoms with Gasteiger partial charge in [-0.2, -0.15) is 0 Å². The molecule has 1 heterocycles. The van der Waals surface area contributed by atoms with Crippen molar-refractivity contribution in [3.05, 3.63) is 77.5 Å². The lowest BCUT2D eigenvalue weighted by atomic mass is 10.1. The van der Waals surface area contributed by atoms with Crippen LogP contribution in [0.3, 0.4) is 0 Å². The number of para-hydroxylation sites is 1. The second-order valence-corrected chi connectivity index (χ2v) is 5.34. The van der Waals surface area contributed by atoms with E-state index in [0.29, 0.717) is 0 Å². The molecular weight excluding hydrogens is 256 g/mol. The van der Waals surface area contributed by atoms with Gasteiger partial charge in [0.25, 0.3) is 0 Å². The summed E-state index contributed by atoms with van der Waals surface area (Å²) in [5.74, 6) is 0. The molecule has 2 heteroatoms. The van der Waals surface area contributed by atoms with Crippen LogP contribution in [0.5, 0.6) is 0 Å². The average molecular weight is 276 g/mol. The predicted octanol–water partition coefficient (Wildman–Crippen LogP) is 3.88. The highest BCUT2D eigenvalue weighted by Crippen LogP contribution is 2.15. The third-order valence-corrected chi connectivity index (χ3v) is 3.89. The van der Waals surface area contributed by atoms with E-state index in [-0.39, 0.29) is 0 Å². The number of benzene rings is 2. The summed E-state index contributed by atoms with van der Waals surface area (Å²) >= 11 is 0. The zero-order chi connectivity index (χ0) is 14.5. The Morgan fingerprint density at radius 1 is 0.905 bits per heavy atom. The molecule has 106 valence electrons. The maximum absolute atomic E-state index is 4.40. The number of nitrogens with zero attached hydrogens (tertiary/aromatic N) is 1. The van der Waals surface area contributed by atoms with Crippen LogP contribution in [0.25, 0.3) is 10.9 Å². The fourth-order valence-corrected chi connectivity index (χ4v) is 2.65. The molecule has 2 nitrogen and oxygen atoms in total. The molecule has 0 aliphatic carbocycles. The molecule has 0 saturated carbocycles. The molecule has 3 aromatic rings. The second-order valence-electron chi connectivity index (χ2n) is 5.34. The van der Waals surface area contributed by atoms with E-state index >= 15 is 0 Å². The molecule has 0 spiro atoms. The van der Waals surface area contributed by atoms with Crippen LogP contribution in [0.15, 0.2) is 60.8 Å². The van der Waals surface area contributed by atoms with Gasteiger partial charge in [-0.1, -0.05) is 42.5 Å². The first-order chi connectivity index (χ1) is 10.3. The summed E-state index contributed by atoms with van der Waals surface area (Å²) < 4.78 is 0. The van der Waals surface area contributed by atoms with Crippen LogP contribution in [0.1, 0.15) is 16.7 Å². The molecule has 0 fully saturated rings. The maximum atomic E-state index is 4.40. The van der Waals surface area contributed by atoms with E-state index in [1.54, 1.807) is 0 Å². The van der Waals surface area contributed by atoms with E-state index in [1.165, 1.54) is 22.1 Å². The molecule has 0 saturated heterocycles. The van der Waals surface area contributed by atoms with Crippen molar-refractivity contribution in [3.8, 4) is 0 Å². The summed E-state index contributed by atoms with van der Waals surface area (Å²) in [5, 5.41) is 4.78. The van der Waals surface area contributed by atoms with Crippen molar-refractivity contribution >= 4 is 10.9 Å². The minimum atomic E-state index is 0.884. The van der Waals surface area contributed by atoms with Crippen LogP contribution in [0.4, 0.5) is 0 Å². The summed E-state index contributed by atoms with van der Waals surface area (Å²) in [4.78, 5) is 4.40. The van der Waals surface area contributed by atoms with Gasteiger partial charge in [0, 0.05) is 18.1 Å². The Hall–Kier alpha value is -2.19. The van der Waals surface area contributed by atoms with E-state index in [0.717, 1.165) is 25.0 Å². The van der Waals surface area contributed by atoms with E-state index < -0.39 is 0 Å². The minimum Gasteiger partial charge on any atom is -0.312 e. The summed E-state index contributed by atoms with van der Waals surface area (Å²) in [6.45, 7) is 4.04. The number of fused-ring (bicyclic) bond motifs is 1. The molecule has 1 aromatic heterocycles.